The molecule has 42 heavy (non-hydrogen) atoms. The number of nitrogens with one attached hydrogen (secondary N) is 2. The van der Waals surface area contributed by atoms with Crippen molar-refractivity contribution in [2.75, 3.05) is 43.1 Å². The molecule has 3 aromatic rings. The molecule has 0 aliphatic carbocycles. The zero-order valence-corrected chi connectivity index (χ0v) is 23.7. The summed E-state index contributed by atoms with van der Waals surface area (Å²) in [5.74, 6) is 5.89. The van der Waals surface area contributed by atoms with E-state index in [0.29, 0.717) is 22.5 Å². The van der Waals surface area contributed by atoms with E-state index in [2.05, 4.69) is 22.5 Å². The van der Waals surface area contributed by atoms with Crippen LogP contribution in [0.2, 0.25) is 0 Å². The molecule has 0 saturated carbocycles. The first-order chi connectivity index (χ1) is 19.8. The average Bonchev–Trinajstić information content (AvgIpc) is 3.24. The number of halogens is 4. The van der Waals surface area contributed by atoms with Gasteiger partial charge in [0.15, 0.2) is 9.84 Å². The maximum atomic E-state index is 14.8. The molecule has 226 valence electrons. The molecule has 1 saturated heterocycles. The SMILES string of the molecule is CCOc1cc(S(C)(=O)=O)ccc1NCC#Cc1cc2c(N[C@@H]3CCN(C(=O)O)C[C@@H]3F)cccc2n1CC(F)(F)F. The molecule has 0 spiro atoms. The Morgan fingerprint density at radius 1 is 1.19 bits per heavy atom. The van der Waals surface area contributed by atoms with E-state index in [-0.39, 0.29) is 48.8 Å². The van der Waals surface area contributed by atoms with Crippen molar-refractivity contribution in [3.8, 4) is 17.6 Å². The lowest BCUT2D eigenvalue weighted by Crippen LogP contribution is -2.49. The fraction of sp³-hybridized carbons (Fsp3) is 0.393. The first-order valence-corrected chi connectivity index (χ1v) is 14.9. The maximum Gasteiger partial charge on any atom is 0.407 e. The standard InChI is InChI=1S/C28H30F4N4O5S/c1-3-41-26-15-19(42(2,39)40)9-10-24(26)33-12-5-6-18-14-20-22(7-4-8-25(20)36(18)17-28(30,31)32)34-23-11-13-35(27(37)38)16-21(23)29/h4,7-10,14-15,21,23,33-34H,3,11-13,16-17H2,1-2H3,(H,37,38)/t21-,23+/m0/s1. The summed E-state index contributed by atoms with van der Waals surface area (Å²) in [4.78, 5) is 12.2. The summed E-state index contributed by atoms with van der Waals surface area (Å²) in [5, 5.41) is 15.6. The Hall–Kier alpha value is -4.12. The first kappa shape index (κ1) is 30.8. The van der Waals surface area contributed by atoms with Gasteiger partial charge in [-0.3, -0.25) is 0 Å². The number of rotatable bonds is 8. The predicted molar refractivity (Wildman–Crippen MR) is 151 cm³/mol. The number of sulfone groups is 1. The van der Waals surface area contributed by atoms with Crippen LogP contribution in [0.15, 0.2) is 47.4 Å². The number of benzene rings is 2. The van der Waals surface area contributed by atoms with Gasteiger partial charge in [-0.25, -0.2) is 17.6 Å². The number of likely N-dealkylation sites (tertiary alicyclic amines) is 1. The van der Waals surface area contributed by atoms with Crippen molar-refractivity contribution in [2.24, 2.45) is 0 Å². The van der Waals surface area contributed by atoms with Gasteiger partial charge in [-0.15, -0.1) is 0 Å². The number of hydrogen-bond acceptors (Lipinski definition) is 6. The van der Waals surface area contributed by atoms with Gasteiger partial charge in [0.2, 0.25) is 0 Å². The lowest BCUT2D eigenvalue weighted by molar-refractivity contribution is -0.140. The van der Waals surface area contributed by atoms with Crippen molar-refractivity contribution in [1.82, 2.24) is 9.47 Å². The highest BCUT2D eigenvalue weighted by Crippen LogP contribution is 2.32. The minimum absolute atomic E-state index is 0.0165. The normalized spacial score (nSPS) is 17.4. The number of ether oxygens (including phenoxy) is 1. The number of alkyl halides is 4. The number of amides is 1. The molecule has 14 heteroatoms. The third-order valence-corrected chi connectivity index (χ3v) is 7.81. The van der Waals surface area contributed by atoms with Gasteiger partial charge in [-0.1, -0.05) is 12.0 Å². The number of nitrogens with zero attached hydrogens (tertiary/aromatic N) is 2. The lowest BCUT2D eigenvalue weighted by atomic mass is 10.0. The molecule has 1 aliphatic heterocycles. The van der Waals surface area contributed by atoms with E-state index in [4.69, 9.17) is 9.84 Å². The van der Waals surface area contributed by atoms with Crippen LogP contribution in [0, 0.1) is 11.8 Å². The molecule has 2 heterocycles. The second kappa shape index (κ2) is 12.4. The molecular weight excluding hydrogens is 580 g/mol. The van der Waals surface area contributed by atoms with Crippen molar-refractivity contribution in [3.63, 3.8) is 0 Å². The molecule has 4 rings (SSSR count). The average molecular weight is 611 g/mol. The summed E-state index contributed by atoms with van der Waals surface area (Å²) in [6.45, 7) is 0.577. The van der Waals surface area contributed by atoms with Gasteiger partial charge < -0.3 is 29.9 Å². The van der Waals surface area contributed by atoms with Crippen LogP contribution in [0.25, 0.3) is 10.9 Å². The van der Waals surface area contributed by atoms with E-state index in [1.54, 1.807) is 19.1 Å². The minimum atomic E-state index is -4.54. The number of aromatic nitrogens is 1. The predicted octanol–water partition coefficient (Wildman–Crippen LogP) is 4.97. The summed E-state index contributed by atoms with van der Waals surface area (Å²) in [6.07, 6.45) is -5.97. The molecule has 1 aliphatic rings. The highest BCUT2D eigenvalue weighted by Gasteiger charge is 2.33. The maximum absolute atomic E-state index is 14.8. The Bertz CT molecular complexity index is 1630. The zero-order valence-electron chi connectivity index (χ0n) is 22.8. The van der Waals surface area contributed by atoms with Crippen molar-refractivity contribution in [3.05, 3.63) is 48.2 Å². The molecule has 1 amide bonds. The number of hydrogen-bond donors (Lipinski definition) is 3. The monoisotopic (exact) mass is 610 g/mol. The van der Waals surface area contributed by atoms with E-state index >= 15 is 0 Å². The number of carboxylic acid groups (broad SMARTS) is 1. The highest BCUT2D eigenvalue weighted by atomic mass is 32.2. The second-order valence-corrected chi connectivity index (χ2v) is 11.8. The topological polar surface area (TPSA) is 113 Å². The third kappa shape index (κ3) is 7.39. The Balaban J connectivity index is 1.60. The Kier molecular flexibility index (Phi) is 9.10. The second-order valence-electron chi connectivity index (χ2n) is 9.77. The highest BCUT2D eigenvalue weighted by molar-refractivity contribution is 7.90. The van der Waals surface area contributed by atoms with Gasteiger partial charge in [-0.2, -0.15) is 13.2 Å². The molecule has 3 N–H and O–H groups in total. The summed E-state index contributed by atoms with van der Waals surface area (Å²) in [5.41, 5.74) is 1.23. The van der Waals surface area contributed by atoms with Crippen LogP contribution in [0.3, 0.4) is 0 Å². The van der Waals surface area contributed by atoms with Gasteiger partial charge >= 0.3 is 12.3 Å². The quantitative estimate of drug-likeness (QED) is 0.244. The Morgan fingerprint density at radius 2 is 1.95 bits per heavy atom. The molecule has 2 aromatic carbocycles. The van der Waals surface area contributed by atoms with Gasteiger partial charge in [-0.05, 0) is 49.6 Å². The fourth-order valence-electron chi connectivity index (χ4n) is 4.73. The van der Waals surface area contributed by atoms with E-state index in [1.165, 1.54) is 30.3 Å². The number of anilines is 2. The molecule has 0 radical (unpaired) electrons. The lowest BCUT2D eigenvalue weighted by Gasteiger charge is -2.34. The van der Waals surface area contributed by atoms with Crippen LogP contribution in [-0.4, -0.2) is 80.0 Å². The third-order valence-electron chi connectivity index (χ3n) is 6.70. The molecule has 1 aromatic heterocycles. The molecule has 0 bridgehead atoms. The van der Waals surface area contributed by atoms with Gasteiger partial charge in [0.25, 0.3) is 0 Å². The van der Waals surface area contributed by atoms with Crippen LogP contribution in [0.5, 0.6) is 5.75 Å². The minimum Gasteiger partial charge on any atom is -0.492 e. The van der Waals surface area contributed by atoms with Crippen molar-refractivity contribution in [1.29, 1.82) is 0 Å². The molecular formula is C28H30F4N4O5S. The van der Waals surface area contributed by atoms with Crippen molar-refractivity contribution >= 4 is 38.2 Å². The molecule has 9 nitrogen and oxygen atoms in total. The summed E-state index contributed by atoms with van der Waals surface area (Å²) in [7, 11) is -3.46. The fourth-order valence-corrected chi connectivity index (χ4v) is 5.37. The van der Waals surface area contributed by atoms with Crippen molar-refractivity contribution in [2.45, 2.75) is 43.2 Å². The van der Waals surface area contributed by atoms with E-state index < -0.39 is 40.9 Å². The van der Waals surface area contributed by atoms with Crippen LogP contribution >= 0.6 is 0 Å². The Labute approximate surface area is 240 Å². The summed E-state index contributed by atoms with van der Waals surface area (Å²) in [6, 6.07) is 9.82. The van der Waals surface area contributed by atoms with E-state index in [0.717, 1.165) is 15.7 Å². The zero-order chi connectivity index (χ0) is 30.7. The van der Waals surface area contributed by atoms with Gasteiger partial charge in [0, 0.05) is 29.9 Å². The van der Waals surface area contributed by atoms with Crippen molar-refractivity contribution < 1.29 is 40.6 Å². The van der Waals surface area contributed by atoms with Gasteiger partial charge in [0.05, 0.1) is 47.5 Å². The number of piperidine rings is 1. The number of fused-ring (bicyclic) bond motifs is 1. The summed E-state index contributed by atoms with van der Waals surface area (Å²) < 4.78 is 85.7. The molecule has 0 unspecified atom stereocenters. The van der Waals surface area contributed by atoms with E-state index in [1.807, 2.05) is 0 Å². The smallest absolute Gasteiger partial charge is 0.407 e. The van der Waals surface area contributed by atoms with Crippen LogP contribution in [-0.2, 0) is 16.4 Å². The number of carbonyl (C=O) groups is 1. The van der Waals surface area contributed by atoms with Crippen LogP contribution in [0.4, 0.5) is 33.7 Å². The molecule has 2 atom stereocenters. The Morgan fingerprint density at radius 3 is 2.60 bits per heavy atom. The van der Waals surface area contributed by atoms with Crippen LogP contribution in [0.1, 0.15) is 19.0 Å². The summed E-state index contributed by atoms with van der Waals surface area (Å²) >= 11 is 0. The van der Waals surface area contributed by atoms with Gasteiger partial charge in [0.1, 0.15) is 18.5 Å². The first-order valence-electron chi connectivity index (χ1n) is 13.0. The largest absolute Gasteiger partial charge is 0.492 e. The van der Waals surface area contributed by atoms with E-state index in [9.17, 15) is 30.8 Å². The molecule has 1 fully saturated rings. The van der Waals surface area contributed by atoms with Crippen LogP contribution < -0.4 is 15.4 Å².